The Balaban J connectivity index is 1.70. The van der Waals surface area contributed by atoms with Crippen molar-refractivity contribution >= 4 is 17.2 Å². The number of thiophene rings is 1. The van der Waals surface area contributed by atoms with Crippen LogP contribution in [-0.4, -0.2) is 31.3 Å². The maximum absolute atomic E-state index is 4.44. The van der Waals surface area contributed by atoms with Crippen molar-refractivity contribution in [2.24, 2.45) is 0 Å². The zero-order valence-electron chi connectivity index (χ0n) is 11.5. The van der Waals surface area contributed by atoms with Gasteiger partial charge in [0.2, 0.25) is 0 Å². The third kappa shape index (κ3) is 2.09. The summed E-state index contributed by atoms with van der Waals surface area (Å²) in [7, 11) is 0. The molecule has 1 aliphatic heterocycles. The van der Waals surface area contributed by atoms with E-state index in [9.17, 15) is 0 Å². The molecule has 0 aromatic carbocycles. The zero-order chi connectivity index (χ0) is 14.2. The maximum Gasteiger partial charge on any atom is 0.155 e. The van der Waals surface area contributed by atoms with Crippen molar-refractivity contribution in [3.63, 3.8) is 0 Å². The number of aromatic nitrogens is 5. The predicted molar refractivity (Wildman–Crippen MR) is 81.1 cm³/mol. The molecule has 0 amide bonds. The summed E-state index contributed by atoms with van der Waals surface area (Å²) in [5, 5.41) is 10.3. The van der Waals surface area contributed by atoms with E-state index in [2.05, 4.69) is 48.0 Å². The van der Waals surface area contributed by atoms with Gasteiger partial charge in [-0.05, 0) is 18.4 Å². The number of hydrogen-bond donors (Lipinski definition) is 0. The van der Waals surface area contributed by atoms with Crippen molar-refractivity contribution in [3.05, 3.63) is 42.1 Å². The lowest BCUT2D eigenvalue weighted by atomic mass is 10.2. The van der Waals surface area contributed by atoms with Crippen LogP contribution in [0.5, 0.6) is 0 Å². The van der Waals surface area contributed by atoms with E-state index in [4.69, 9.17) is 0 Å². The van der Waals surface area contributed by atoms with E-state index in [1.807, 2.05) is 12.1 Å². The predicted octanol–water partition coefficient (Wildman–Crippen LogP) is 2.38. The van der Waals surface area contributed by atoms with Gasteiger partial charge in [-0.1, -0.05) is 6.07 Å². The minimum absolute atomic E-state index is 0.160. The Morgan fingerprint density at radius 3 is 3.10 bits per heavy atom. The van der Waals surface area contributed by atoms with Gasteiger partial charge in [0.25, 0.3) is 0 Å². The molecule has 0 radical (unpaired) electrons. The van der Waals surface area contributed by atoms with Gasteiger partial charge in [0.15, 0.2) is 5.82 Å². The van der Waals surface area contributed by atoms with Gasteiger partial charge in [-0.2, -0.15) is 0 Å². The number of fused-ring (bicyclic) bond motifs is 1. The van der Waals surface area contributed by atoms with Crippen molar-refractivity contribution in [1.29, 1.82) is 0 Å². The second-order valence-corrected chi connectivity index (χ2v) is 5.94. The molecule has 4 rings (SSSR count). The smallest absolute Gasteiger partial charge is 0.155 e. The third-order valence-corrected chi connectivity index (χ3v) is 4.68. The highest BCUT2D eigenvalue weighted by Gasteiger charge is 2.26. The number of rotatable bonds is 2. The minimum Gasteiger partial charge on any atom is -0.345 e. The number of anilines is 1. The monoisotopic (exact) mass is 298 g/mol. The molecule has 0 saturated carbocycles. The molecule has 0 N–H and O–H groups in total. The van der Waals surface area contributed by atoms with Crippen LogP contribution in [0.15, 0.2) is 36.2 Å². The average molecular weight is 298 g/mol. The van der Waals surface area contributed by atoms with Crippen LogP contribution >= 0.6 is 11.3 Å². The van der Waals surface area contributed by atoms with Gasteiger partial charge >= 0.3 is 0 Å². The van der Waals surface area contributed by atoms with Crippen molar-refractivity contribution in [2.45, 2.75) is 19.5 Å². The fourth-order valence-electron chi connectivity index (χ4n) is 2.68. The van der Waals surface area contributed by atoms with Crippen molar-refractivity contribution < 1.29 is 0 Å². The lowest BCUT2D eigenvalue weighted by Gasteiger charge is -2.34. The Bertz CT molecular complexity index is 750. The molecular formula is C14H14N6S. The molecule has 0 spiro atoms. The highest BCUT2D eigenvalue weighted by molar-refractivity contribution is 7.13. The van der Waals surface area contributed by atoms with Gasteiger partial charge in [-0.25, -0.2) is 9.97 Å². The highest BCUT2D eigenvalue weighted by atomic mass is 32.1. The summed E-state index contributed by atoms with van der Waals surface area (Å²) in [6.45, 7) is 3.91. The molecular weight excluding hydrogens is 284 g/mol. The summed E-state index contributed by atoms with van der Waals surface area (Å²) in [5.74, 6) is 1.92. The van der Waals surface area contributed by atoms with Crippen LogP contribution in [0.25, 0.3) is 10.6 Å². The van der Waals surface area contributed by atoms with E-state index >= 15 is 0 Å². The van der Waals surface area contributed by atoms with Gasteiger partial charge in [-0.15, -0.1) is 21.5 Å². The van der Waals surface area contributed by atoms with E-state index in [-0.39, 0.29) is 6.04 Å². The Morgan fingerprint density at radius 2 is 2.24 bits per heavy atom. The van der Waals surface area contributed by atoms with Gasteiger partial charge in [0.1, 0.15) is 18.5 Å². The van der Waals surface area contributed by atoms with Crippen LogP contribution in [0.3, 0.4) is 0 Å². The summed E-state index contributed by atoms with van der Waals surface area (Å²) >= 11 is 1.69. The first-order chi connectivity index (χ1) is 10.3. The van der Waals surface area contributed by atoms with E-state index < -0.39 is 0 Å². The molecule has 0 aliphatic carbocycles. The van der Waals surface area contributed by atoms with Gasteiger partial charge in [-0.3, -0.25) is 0 Å². The molecule has 106 valence electrons. The Morgan fingerprint density at radius 1 is 1.29 bits per heavy atom. The van der Waals surface area contributed by atoms with Gasteiger partial charge in [0.05, 0.1) is 16.6 Å². The van der Waals surface area contributed by atoms with Crippen LogP contribution < -0.4 is 4.90 Å². The first kappa shape index (κ1) is 12.5. The zero-order valence-corrected chi connectivity index (χ0v) is 12.4. The van der Waals surface area contributed by atoms with Crippen molar-refractivity contribution in [2.75, 3.05) is 11.4 Å². The first-order valence-electron chi connectivity index (χ1n) is 6.83. The molecule has 1 unspecified atom stereocenters. The van der Waals surface area contributed by atoms with E-state index in [1.54, 1.807) is 24.0 Å². The molecule has 6 nitrogen and oxygen atoms in total. The standard InChI is InChI=1S/C14H14N6S/c1-10-14-18-17-9-19(14)4-5-20(10)13-7-11(15-8-16-13)12-3-2-6-21-12/h2-3,6-10H,4-5H2,1H3. The summed E-state index contributed by atoms with van der Waals surface area (Å²) in [6.07, 6.45) is 3.43. The highest BCUT2D eigenvalue weighted by Crippen LogP contribution is 2.30. The molecule has 1 atom stereocenters. The third-order valence-electron chi connectivity index (χ3n) is 3.79. The van der Waals surface area contributed by atoms with Crippen LogP contribution in [-0.2, 0) is 6.54 Å². The molecule has 4 heterocycles. The summed E-state index contributed by atoms with van der Waals surface area (Å²) in [4.78, 5) is 12.2. The Labute approximate surface area is 126 Å². The van der Waals surface area contributed by atoms with Crippen LogP contribution in [0, 0.1) is 0 Å². The fourth-order valence-corrected chi connectivity index (χ4v) is 3.38. The maximum atomic E-state index is 4.44. The minimum atomic E-state index is 0.160. The van der Waals surface area contributed by atoms with Crippen LogP contribution in [0.4, 0.5) is 5.82 Å². The average Bonchev–Trinajstić information content (AvgIpc) is 3.19. The molecule has 0 fully saturated rings. The second kappa shape index (κ2) is 4.92. The fraction of sp³-hybridized carbons (Fsp3) is 0.286. The summed E-state index contributed by atoms with van der Waals surface area (Å²) in [6, 6.07) is 6.32. The van der Waals surface area contributed by atoms with E-state index in [0.717, 1.165) is 35.3 Å². The first-order valence-corrected chi connectivity index (χ1v) is 7.71. The number of hydrogen-bond acceptors (Lipinski definition) is 6. The Kier molecular flexibility index (Phi) is 2.92. The molecule has 3 aromatic heterocycles. The van der Waals surface area contributed by atoms with E-state index in [0.29, 0.717) is 0 Å². The molecule has 1 aliphatic rings. The molecule has 7 heteroatoms. The molecule has 3 aromatic rings. The lowest BCUT2D eigenvalue weighted by molar-refractivity contribution is 0.492. The SMILES string of the molecule is CC1c2nncn2CCN1c1cc(-c2cccs2)ncn1. The van der Waals surface area contributed by atoms with E-state index in [1.165, 1.54) is 0 Å². The van der Waals surface area contributed by atoms with Crippen LogP contribution in [0.1, 0.15) is 18.8 Å². The Hall–Kier alpha value is -2.28. The summed E-state index contributed by atoms with van der Waals surface area (Å²) in [5.41, 5.74) is 0.967. The van der Waals surface area contributed by atoms with Crippen molar-refractivity contribution in [1.82, 2.24) is 24.7 Å². The van der Waals surface area contributed by atoms with Gasteiger partial charge < -0.3 is 9.47 Å². The quantitative estimate of drug-likeness (QED) is 0.727. The van der Waals surface area contributed by atoms with Crippen LogP contribution in [0.2, 0.25) is 0 Å². The topological polar surface area (TPSA) is 59.7 Å². The summed E-state index contributed by atoms with van der Waals surface area (Å²) < 4.78 is 2.10. The molecule has 0 saturated heterocycles. The second-order valence-electron chi connectivity index (χ2n) is 4.99. The largest absolute Gasteiger partial charge is 0.345 e. The number of nitrogens with zero attached hydrogens (tertiary/aromatic N) is 6. The molecule has 0 bridgehead atoms. The normalized spacial score (nSPS) is 17.8. The van der Waals surface area contributed by atoms with Gasteiger partial charge in [0, 0.05) is 19.2 Å². The lowest BCUT2D eigenvalue weighted by Crippen LogP contribution is -2.37. The molecule has 21 heavy (non-hydrogen) atoms. The van der Waals surface area contributed by atoms with Crippen molar-refractivity contribution in [3.8, 4) is 10.6 Å².